The second-order valence-electron chi connectivity index (χ2n) is 7.43. The molecule has 0 spiro atoms. The largest absolute Gasteiger partial charge is 0.384 e. The van der Waals surface area contributed by atoms with Crippen LogP contribution in [-0.4, -0.2) is 51.3 Å². The Kier molecular flexibility index (Phi) is 5.27. The summed E-state index contributed by atoms with van der Waals surface area (Å²) in [5.74, 6) is 1.57. The molecule has 1 heterocycles. The van der Waals surface area contributed by atoms with Gasteiger partial charge in [-0.3, -0.25) is 0 Å². The zero-order chi connectivity index (χ0) is 13.9. The zero-order valence-corrected chi connectivity index (χ0v) is 13.2. The van der Waals surface area contributed by atoms with Gasteiger partial charge >= 0.3 is 0 Å². The van der Waals surface area contributed by atoms with Crippen molar-refractivity contribution < 1.29 is 4.74 Å². The minimum absolute atomic E-state index is 0.531. The third kappa shape index (κ3) is 4.17. The molecule has 1 aliphatic carbocycles. The van der Waals surface area contributed by atoms with Gasteiger partial charge in [0, 0.05) is 26.2 Å². The molecule has 3 heteroatoms. The number of hydrogen-bond acceptors (Lipinski definition) is 3. The SMILES string of the molecule is CNC1CCC(C)(C)CC1CN1CCC(COC)C1. The van der Waals surface area contributed by atoms with Crippen LogP contribution >= 0.6 is 0 Å². The Labute approximate surface area is 119 Å². The quantitative estimate of drug-likeness (QED) is 0.828. The predicted molar refractivity (Wildman–Crippen MR) is 80.4 cm³/mol. The van der Waals surface area contributed by atoms with Gasteiger partial charge < -0.3 is 15.0 Å². The van der Waals surface area contributed by atoms with Gasteiger partial charge in [0.25, 0.3) is 0 Å². The van der Waals surface area contributed by atoms with Crippen LogP contribution in [0.2, 0.25) is 0 Å². The topological polar surface area (TPSA) is 24.5 Å². The van der Waals surface area contributed by atoms with E-state index in [1.165, 1.54) is 45.3 Å². The summed E-state index contributed by atoms with van der Waals surface area (Å²) in [6, 6.07) is 0.717. The summed E-state index contributed by atoms with van der Waals surface area (Å²) in [7, 11) is 3.96. The summed E-state index contributed by atoms with van der Waals surface area (Å²) in [6.07, 6.45) is 5.38. The van der Waals surface area contributed by atoms with Gasteiger partial charge in [0.1, 0.15) is 0 Å². The Morgan fingerprint density at radius 2 is 2.11 bits per heavy atom. The summed E-state index contributed by atoms with van der Waals surface area (Å²) in [6.45, 7) is 9.58. The van der Waals surface area contributed by atoms with Gasteiger partial charge in [0.15, 0.2) is 0 Å². The zero-order valence-electron chi connectivity index (χ0n) is 13.2. The van der Waals surface area contributed by atoms with Crippen LogP contribution in [-0.2, 0) is 4.74 Å². The molecular formula is C16H32N2O. The minimum Gasteiger partial charge on any atom is -0.384 e. The van der Waals surface area contributed by atoms with Crippen LogP contribution in [0.4, 0.5) is 0 Å². The molecule has 1 aliphatic heterocycles. The maximum atomic E-state index is 5.30. The molecule has 112 valence electrons. The fourth-order valence-corrected chi connectivity index (χ4v) is 4.09. The van der Waals surface area contributed by atoms with E-state index < -0.39 is 0 Å². The number of hydrogen-bond donors (Lipinski definition) is 1. The van der Waals surface area contributed by atoms with Gasteiger partial charge in [-0.25, -0.2) is 0 Å². The van der Waals surface area contributed by atoms with Crippen molar-refractivity contribution in [3.8, 4) is 0 Å². The minimum atomic E-state index is 0.531. The maximum Gasteiger partial charge on any atom is 0.0503 e. The van der Waals surface area contributed by atoms with E-state index in [4.69, 9.17) is 4.74 Å². The maximum absolute atomic E-state index is 5.30. The molecular weight excluding hydrogens is 236 g/mol. The van der Waals surface area contributed by atoms with Crippen LogP contribution < -0.4 is 5.32 Å². The highest BCUT2D eigenvalue weighted by molar-refractivity contribution is 4.90. The highest BCUT2D eigenvalue weighted by Crippen LogP contribution is 2.39. The van der Waals surface area contributed by atoms with E-state index in [-0.39, 0.29) is 0 Å². The molecule has 0 aromatic rings. The van der Waals surface area contributed by atoms with E-state index in [0.29, 0.717) is 5.41 Å². The number of methoxy groups -OCH3 is 1. The first-order valence-corrected chi connectivity index (χ1v) is 7.92. The molecule has 1 saturated carbocycles. The summed E-state index contributed by atoms with van der Waals surface area (Å²) in [5.41, 5.74) is 0.531. The molecule has 1 N–H and O–H groups in total. The van der Waals surface area contributed by atoms with E-state index in [1.807, 2.05) is 7.11 Å². The summed E-state index contributed by atoms with van der Waals surface area (Å²) in [5, 5.41) is 3.55. The lowest BCUT2D eigenvalue weighted by Gasteiger charge is -2.42. The lowest BCUT2D eigenvalue weighted by atomic mass is 9.69. The fourth-order valence-electron chi connectivity index (χ4n) is 4.09. The Bertz CT molecular complexity index is 280. The predicted octanol–water partition coefficient (Wildman–Crippen LogP) is 2.37. The van der Waals surface area contributed by atoms with Crippen molar-refractivity contribution in [2.75, 3.05) is 40.4 Å². The van der Waals surface area contributed by atoms with Crippen molar-refractivity contribution in [1.82, 2.24) is 10.2 Å². The van der Waals surface area contributed by atoms with Crippen LogP contribution in [0.5, 0.6) is 0 Å². The van der Waals surface area contributed by atoms with E-state index in [1.54, 1.807) is 0 Å². The highest BCUT2D eigenvalue weighted by atomic mass is 16.5. The molecule has 0 amide bonds. The van der Waals surface area contributed by atoms with Crippen LogP contribution in [0.1, 0.15) is 39.5 Å². The molecule has 3 atom stereocenters. The lowest BCUT2D eigenvalue weighted by Crippen LogP contribution is -2.46. The summed E-state index contributed by atoms with van der Waals surface area (Å²) < 4.78 is 5.30. The van der Waals surface area contributed by atoms with Crippen molar-refractivity contribution in [2.45, 2.75) is 45.6 Å². The Morgan fingerprint density at radius 1 is 1.32 bits per heavy atom. The van der Waals surface area contributed by atoms with Gasteiger partial charge in [-0.05, 0) is 56.5 Å². The van der Waals surface area contributed by atoms with Crippen molar-refractivity contribution in [3.63, 3.8) is 0 Å². The average Bonchev–Trinajstić information content (AvgIpc) is 2.76. The molecule has 0 aromatic heterocycles. The van der Waals surface area contributed by atoms with Gasteiger partial charge in [-0.2, -0.15) is 0 Å². The first kappa shape index (κ1) is 15.3. The number of nitrogens with one attached hydrogen (secondary N) is 1. The third-order valence-electron chi connectivity index (χ3n) is 5.15. The average molecular weight is 268 g/mol. The van der Waals surface area contributed by atoms with Crippen molar-refractivity contribution in [2.24, 2.45) is 17.3 Å². The van der Waals surface area contributed by atoms with Crippen LogP contribution in [0, 0.1) is 17.3 Å². The van der Waals surface area contributed by atoms with Crippen LogP contribution in [0.25, 0.3) is 0 Å². The lowest BCUT2D eigenvalue weighted by molar-refractivity contribution is 0.106. The van der Waals surface area contributed by atoms with Crippen molar-refractivity contribution >= 4 is 0 Å². The van der Waals surface area contributed by atoms with Crippen molar-refractivity contribution in [1.29, 1.82) is 0 Å². The van der Waals surface area contributed by atoms with E-state index in [2.05, 4.69) is 31.1 Å². The molecule has 3 unspecified atom stereocenters. The molecule has 0 bridgehead atoms. The van der Waals surface area contributed by atoms with E-state index >= 15 is 0 Å². The van der Waals surface area contributed by atoms with Gasteiger partial charge in [0.05, 0.1) is 6.61 Å². The number of ether oxygens (including phenoxy) is 1. The molecule has 3 nitrogen and oxygen atoms in total. The molecule has 1 saturated heterocycles. The molecule has 19 heavy (non-hydrogen) atoms. The Hall–Kier alpha value is -0.120. The third-order valence-corrected chi connectivity index (χ3v) is 5.15. The summed E-state index contributed by atoms with van der Waals surface area (Å²) in [4.78, 5) is 2.67. The normalized spacial score (nSPS) is 35.7. The second-order valence-corrected chi connectivity index (χ2v) is 7.43. The highest BCUT2D eigenvalue weighted by Gasteiger charge is 2.36. The smallest absolute Gasteiger partial charge is 0.0503 e. The molecule has 0 aromatic carbocycles. The second kappa shape index (κ2) is 6.55. The van der Waals surface area contributed by atoms with Crippen molar-refractivity contribution in [3.05, 3.63) is 0 Å². The van der Waals surface area contributed by atoms with Gasteiger partial charge in [-0.1, -0.05) is 13.8 Å². The number of rotatable bonds is 5. The Morgan fingerprint density at radius 3 is 2.79 bits per heavy atom. The molecule has 0 radical (unpaired) electrons. The van der Waals surface area contributed by atoms with E-state index in [0.717, 1.165) is 24.5 Å². The van der Waals surface area contributed by atoms with Gasteiger partial charge in [-0.15, -0.1) is 0 Å². The number of likely N-dealkylation sites (tertiary alicyclic amines) is 1. The summed E-state index contributed by atoms with van der Waals surface area (Å²) >= 11 is 0. The standard InChI is InChI=1S/C16H32N2O/c1-16(2)7-5-15(17-3)14(9-16)11-18-8-6-13(10-18)12-19-4/h13-15,17H,5-12H2,1-4H3. The first-order chi connectivity index (χ1) is 9.04. The Balaban J connectivity index is 1.86. The molecule has 2 fully saturated rings. The monoisotopic (exact) mass is 268 g/mol. The number of nitrogens with zero attached hydrogens (tertiary/aromatic N) is 1. The molecule has 2 rings (SSSR count). The van der Waals surface area contributed by atoms with Gasteiger partial charge in [0.2, 0.25) is 0 Å². The fraction of sp³-hybridized carbons (Fsp3) is 1.00. The van der Waals surface area contributed by atoms with Crippen LogP contribution in [0.15, 0.2) is 0 Å². The molecule has 2 aliphatic rings. The van der Waals surface area contributed by atoms with Crippen LogP contribution in [0.3, 0.4) is 0 Å². The first-order valence-electron chi connectivity index (χ1n) is 7.92. The van der Waals surface area contributed by atoms with E-state index in [9.17, 15) is 0 Å².